The molecule has 0 aliphatic heterocycles. The lowest BCUT2D eigenvalue weighted by Crippen LogP contribution is -1.87. The van der Waals surface area contributed by atoms with Gasteiger partial charge in [0, 0.05) is 0 Å². The lowest BCUT2D eigenvalue weighted by Gasteiger charge is -1.87. The van der Waals surface area contributed by atoms with Gasteiger partial charge in [-0.15, -0.1) is 0 Å². The summed E-state index contributed by atoms with van der Waals surface area (Å²) < 4.78 is 0. The van der Waals surface area contributed by atoms with Gasteiger partial charge in [0.05, 0.1) is 0 Å². The van der Waals surface area contributed by atoms with Gasteiger partial charge in [-0.05, 0) is 36.5 Å². The van der Waals surface area contributed by atoms with Crippen molar-refractivity contribution >= 4 is 0 Å². The Bertz CT molecular complexity index is 313. The molecule has 0 spiro atoms. The van der Waals surface area contributed by atoms with Crippen LogP contribution in [0, 0.1) is 0 Å². The van der Waals surface area contributed by atoms with Gasteiger partial charge in [-0.1, -0.05) is 18.2 Å². The summed E-state index contributed by atoms with van der Waals surface area (Å²) in [6, 6.07) is 9.08. The molecular weight excluding hydrogens is 136 g/mol. The molecule has 1 aromatic carbocycles. The average molecular weight is 146 g/mol. The Labute approximate surface area is 65.7 Å². The minimum Gasteiger partial charge on any atom is -0.290 e. The molecule has 11 heavy (non-hydrogen) atoms. The number of hydrogen-bond acceptors (Lipinski definition) is 1. The molecule has 0 amide bonds. The predicted molar refractivity (Wildman–Crippen MR) is 44.7 cm³/mol. The number of hydrogen-bond donors (Lipinski definition) is 0. The van der Waals surface area contributed by atoms with E-state index in [0.717, 1.165) is 5.92 Å². The molecule has 2 rings (SSSR count). The maximum Gasteiger partial charge on any atom is 0.178 e. The minimum absolute atomic E-state index is 0.0944. The molecule has 1 fully saturated rings. The highest BCUT2D eigenvalue weighted by Crippen LogP contribution is 2.39. The van der Waals surface area contributed by atoms with E-state index in [0.29, 0.717) is 0 Å². The molecule has 1 heteroatoms. The molecule has 1 saturated carbocycles. The van der Waals surface area contributed by atoms with Gasteiger partial charge in [0.25, 0.3) is 0 Å². The average Bonchev–Trinajstić information content (AvgIpc) is 2.73. The maximum atomic E-state index is 10.9. The van der Waals surface area contributed by atoms with Crippen LogP contribution in [0.15, 0.2) is 35.1 Å². The second-order valence-corrected chi connectivity index (χ2v) is 3.04. The fraction of sp³-hybridized carbons (Fsp3) is 0.300. The second-order valence-electron chi connectivity index (χ2n) is 3.04. The fourth-order valence-corrected chi connectivity index (χ4v) is 1.23. The molecule has 1 nitrogen and oxygen atoms in total. The van der Waals surface area contributed by atoms with Crippen LogP contribution in [0.3, 0.4) is 0 Å². The summed E-state index contributed by atoms with van der Waals surface area (Å²) in [7, 11) is 0. The summed E-state index contributed by atoms with van der Waals surface area (Å²) in [6.07, 6.45) is 2.58. The monoisotopic (exact) mass is 146 g/mol. The summed E-state index contributed by atoms with van der Waals surface area (Å²) in [5.74, 6) is 0.738. The van der Waals surface area contributed by atoms with Crippen LogP contribution < -0.4 is 5.43 Å². The van der Waals surface area contributed by atoms with Crippen molar-refractivity contribution in [1.82, 2.24) is 0 Å². The van der Waals surface area contributed by atoms with E-state index in [1.54, 1.807) is 12.1 Å². The Hall–Kier alpha value is -1.11. The molecule has 0 N–H and O–H groups in total. The van der Waals surface area contributed by atoms with Gasteiger partial charge in [0.2, 0.25) is 0 Å². The van der Waals surface area contributed by atoms with Crippen LogP contribution in [0.25, 0.3) is 0 Å². The van der Waals surface area contributed by atoms with Crippen molar-refractivity contribution in [3.05, 3.63) is 46.1 Å². The second kappa shape index (κ2) is 2.50. The van der Waals surface area contributed by atoms with Gasteiger partial charge in [-0.25, -0.2) is 0 Å². The molecule has 1 aliphatic rings. The molecule has 0 radical (unpaired) electrons. The summed E-state index contributed by atoms with van der Waals surface area (Å²) in [5, 5.41) is 0. The molecule has 1 aliphatic carbocycles. The van der Waals surface area contributed by atoms with Gasteiger partial charge in [-0.2, -0.15) is 0 Å². The van der Waals surface area contributed by atoms with Gasteiger partial charge in [0.1, 0.15) is 0 Å². The smallest absolute Gasteiger partial charge is 0.178 e. The summed E-state index contributed by atoms with van der Waals surface area (Å²) in [4.78, 5) is 10.9. The molecule has 0 aromatic heterocycles. The predicted octanol–water partition coefficient (Wildman–Crippen LogP) is 1.92. The molecule has 0 bridgehead atoms. The normalized spacial score (nSPS) is 16.4. The van der Waals surface area contributed by atoms with Crippen LogP contribution in [0.2, 0.25) is 0 Å². The van der Waals surface area contributed by atoms with Crippen LogP contribution in [0.1, 0.15) is 24.3 Å². The third-order valence-electron chi connectivity index (χ3n) is 2.04. The van der Waals surface area contributed by atoms with E-state index in [9.17, 15) is 4.79 Å². The summed E-state index contributed by atoms with van der Waals surface area (Å²) in [5.41, 5.74) is 1.41. The SMILES string of the molecule is O=c1cccc(C2CC2)cc1. The Balaban J connectivity index is 2.44. The highest BCUT2D eigenvalue weighted by molar-refractivity contribution is 5.22. The lowest BCUT2D eigenvalue weighted by molar-refractivity contribution is 1.14. The third kappa shape index (κ3) is 1.48. The molecule has 0 unspecified atom stereocenters. The van der Waals surface area contributed by atoms with Gasteiger partial charge < -0.3 is 0 Å². The van der Waals surface area contributed by atoms with E-state index in [1.165, 1.54) is 18.4 Å². The van der Waals surface area contributed by atoms with Crippen molar-refractivity contribution in [2.45, 2.75) is 18.8 Å². The Kier molecular flexibility index (Phi) is 1.50. The Morgan fingerprint density at radius 1 is 1.09 bits per heavy atom. The molecule has 56 valence electrons. The standard InChI is InChI=1S/C10H10O/c11-10-3-1-2-8(6-7-10)9-4-5-9/h1-3,6-7,9H,4-5H2. The van der Waals surface area contributed by atoms with Crippen molar-refractivity contribution in [1.29, 1.82) is 0 Å². The molecule has 0 heterocycles. The van der Waals surface area contributed by atoms with Crippen LogP contribution in [-0.2, 0) is 0 Å². The van der Waals surface area contributed by atoms with Crippen molar-refractivity contribution < 1.29 is 0 Å². The van der Waals surface area contributed by atoms with E-state index in [-0.39, 0.29) is 5.43 Å². The van der Waals surface area contributed by atoms with Crippen molar-refractivity contribution in [2.24, 2.45) is 0 Å². The van der Waals surface area contributed by atoms with E-state index in [2.05, 4.69) is 0 Å². The van der Waals surface area contributed by atoms with Crippen LogP contribution >= 0.6 is 0 Å². The Morgan fingerprint density at radius 3 is 2.64 bits per heavy atom. The first-order valence-electron chi connectivity index (χ1n) is 3.96. The van der Waals surface area contributed by atoms with E-state index < -0.39 is 0 Å². The molecule has 0 saturated heterocycles. The van der Waals surface area contributed by atoms with Gasteiger partial charge in [-0.3, -0.25) is 4.79 Å². The maximum absolute atomic E-state index is 10.9. The Morgan fingerprint density at radius 2 is 1.91 bits per heavy atom. The minimum atomic E-state index is 0.0944. The zero-order valence-corrected chi connectivity index (χ0v) is 6.29. The fourth-order valence-electron chi connectivity index (χ4n) is 1.23. The quantitative estimate of drug-likeness (QED) is 0.591. The summed E-state index contributed by atoms with van der Waals surface area (Å²) >= 11 is 0. The number of rotatable bonds is 1. The highest BCUT2D eigenvalue weighted by Gasteiger charge is 2.22. The van der Waals surface area contributed by atoms with E-state index >= 15 is 0 Å². The molecule has 0 atom stereocenters. The lowest BCUT2D eigenvalue weighted by atomic mass is 10.2. The summed E-state index contributed by atoms with van der Waals surface area (Å²) in [6.45, 7) is 0. The first kappa shape index (κ1) is 6.59. The largest absolute Gasteiger partial charge is 0.290 e. The zero-order valence-electron chi connectivity index (χ0n) is 6.29. The molecular formula is C10H10O. The third-order valence-corrected chi connectivity index (χ3v) is 2.04. The van der Waals surface area contributed by atoms with Crippen molar-refractivity contribution in [3.63, 3.8) is 0 Å². The zero-order chi connectivity index (χ0) is 7.68. The van der Waals surface area contributed by atoms with Crippen LogP contribution in [0.5, 0.6) is 0 Å². The highest BCUT2D eigenvalue weighted by atomic mass is 16.1. The van der Waals surface area contributed by atoms with Gasteiger partial charge >= 0.3 is 0 Å². The topological polar surface area (TPSA) is 17.1 Å². The van der Waals surface area contributed by atoms with E-state index in [4.69, 9.17) is 0 Å². The van der Waals surface area contributed by atoms with Crippen LogP contribution in [-0.4, -0.2) is 0 Å². The first-order chi connectivity index (χ1) is 5.36. The van der Waals surface area contributed by atoms with Gasteiger partial charge in [0.15, 0.2) is 5.43 Å². The first-order valence-corrected chi connectivity index (χ1v) is 3.96. The van der Waals surface area contributed by atoms with Crippen molar-refractivity contribution in [3.8, 4) is 0 Å². The molecule has 1 aromatic rings. The van der Waals surface area contributed by atoms with Crippen LogP contribution in [0.4, 0.5) is 0 Å². The van der Waals surface area contributed by atoms with Crippen molar-refractivity contribution in [2.75, 3.05) is 0 Å². The van der Waals surface area contributed by atoms with E-state index in [1.807, 2.05) is 18.2 Å².